The summed E-state index contributed by atoms with van der Waals surface area (Å²) < 4.78 is 3.55. The maximum Gasteiger partial charge on any atom is 0.268 e. The lowest BCUT2D eigenvalue weighted by atomic mass is 10.2. The first-order valence-corrected chi connectivity index (χ1v) is 6.25. The highest BCUT2D eigenvalue weighted by Gasteiger charge is 2.10. The van der Waals surface area contributed by atoms with Crippen LogP contribution in [0.25, 0.3) is 16.9 Å². The molecule has 0 aliphatic heterocycles. The number of hydrogen-bond donors (Lipinski definition) is 1. The third kappa shape index (κ3) is 2.03. The summed E-state index contributed by atoms with van der Waals surface area (Å²) in [5.74, 6) is -0.541. The molecule has 0 aromatic carbocycles. The van der Waals surface area contributed by atoms with Crippen LogP contribution in [0.2, 0.25) is 0 Å². The van der Waals surface area contributed by atoms with Gasteiger partial charge in [-0.2, -0.15) is 0 Å². The Labute approximate surface area is 115 Å². The molecule has 7 nitrogen and oxygen atoms in total. The third-order valence-electron chi connectivity index (χ3n) is 3.04. The molecule has 1 amide bonds. The van der Waals surface area contributed by atoms with E-state index in [4.69, 9.17) is 5.73 Å². The van der Waals surface area contributed by atoms with Crippen LogP contribution in [0.4, 0.5) is 0 Å². The summed E-state index contributed by atoms with van der Waals surface area (Å²) in [6.07, 6.45) is 5.34. The van der Waals surface area contributed by atoms with Crippen LogP contribution in [0.5, 0.6) is 0 Å². The summed E-state index contributed by atoms with van der Waals surface area (Å²) in [7, 11) is 0. The largest absolute Gasteiger partial charge is 0.364 e. The van der Waals surface area contributed by atoms with Crippen molar-refractivity contribution in [2.45, 2.75) is 19.9 Å². The Balaban J connectivity index is 2.05. The van der Waals surface area contributed by atoms with E-state index in [0.29, 0.717) is 5.65 Å². The number of carbonyl (C=O) groups is 1. The van der Waals surface area contributed by atoms with Crippen LogP contribution in [-0.2, 0) is 0 Å². The second kappa shape index (κ2) is 4.44. The smallest absolute Gasteiger partial charge is 0.268 e. The van der Waals surface area contributed by atoms with Crippen LogP contribution in [0.3, 0.4) is 0 Å². The SMILES string of the molecule is CC(C)n1cc(-c2ccc3nc(C(N)=O)cn3c2)nn1. The summed E-state index contributed by atoms with van der Waals surface area (Å²) in [5.41, 5.74) is 7.81. The molecule has 3 aromatic rings. The fourth-order valence-electron chi connectivity index (χ4n) is 1.92. The monoisotopic (exact) mass is 270 g/mol. The number of hydrogen-bond acceptors (Lipinski definition) is 4. The minimum atomic E-state index is -0.541. The van der Waals surface area contributed by atoms with Crippen LogP contribution >= 0.6 is 0 Å². The summed E-state index contributed by atoms with van der Waals surface area (Å²) in [6.45, 7) is 4.08. The quantitative estimate of drug-likeness (QED) is 0.776. The van der Waals surface area contributed by atoms with E-state index < -0.39 is 5.91 Å². The van der Waals surface area contributed by atoms with Gasteiger partial charge in [-0.05, 0) is 26.0 Å². The Hall–Kier alpha value is -2.70. The van der Waals surface area contributed by atoms with Gasteiger partial charge in [-0.1, -0.05) is 5.21 Å². The number of nitrogens with zero attached hydrogens (tertiary/aromatic N) is 5. The number of amides is 1. The summed E-state index contributed by atoms with van der Waals surface area (Å²) >= 11 is 0. The fraction of sp³-hybridized carbons (Fsp3) is 0.231. The van der Waals surface area contributed by atoms with E-state index in [0.717, 1.165) is 11.3 Å². The molecule has 0 aliphatic rings. The van der Waals surface area contributed by atoms with Crippen molar-refractivity contribution in [1.82, 2.24) is 24.4 Å². The first-order valence-electron chi connectivity index (χ1n) is 6.25. The van der Waals surface area contributed by atoms with E-state index in [1.165, 1.54) is 0 Å². The minimum absolute atomic E-state index is 0.244. The lowest BCUT2D eigenvalue weighted by Gasteiger charge is -2.01. The standard InChI is InChI=1S/C13H14N6O/c1-8(2)19-7-10(16-17-19)9-3-4-12-15-11(13(14)20)6-18(12)5-9/h3-8H,1-2H3,(H2,14,20). The van der Waals surface area contributed by atoms with E-state index >= 15 is 0 Å². The van der Waals surface area contributed by atoms with Crippen molar-refractivity contribution in [3.05, 3.63) is 36.4 Å². The predicted molar refractivity (Wildman–Crippen MR) is 73.1 cm³/mol. The molecule has 3 aromatic heterocycles. The fourth-order valence-corrected chi connectivity index (χ4v) is 1.92. The van der Waals surface area contributed by atoms with Crippen LogP contribution in [0, 0.1) is 0 Å². The molecule has 20 heavy (non-hydrogen) atoms. The van der Waals surface area contributed by atoms with Crippen molar-refractivity contribution < 1.29 is 4.79 Å². The van der Waals surface area contributed by atoms with Gasteiger partial charge >= 0.3 is 0 Å². The number of rotatable bonds is 3. The van der Waals surface area contributed by atoms with Crippen LogP contribution in [0.1, 0.15) is 30.4 Å². The normalized spacial score (nSPS) is 11.3. The lowest BCUT2D eigenvalue weighted by molar-refractivity contribution is 0.0996. The van der Waals surface area contributed by atoms with E-state index in [9.17, 15) is 4.79 Å². The van der Waals surface area contributed by atoms with Crippen LogP contribution in [0.15, 0.2) is 30.7 Å². The molecule has 0 aliphatic carbocycles. The molecular weight excluding hydrogens is 256 g/mol. The highest BCUT2D eigenvalue weighted by molar-refractivity contribution is 5.91. The van der Waals surface area contributed by atoms with E-state index in [2.05, 4.69) is 15.3 Å². The maximum absolute atomic E-state index is 11.1. The Morgan fingerprint density at radius 2 is 2.05 bits per heavy atom. The number of nitrogens with two attached hydrogens (primary N) is 1. The number of fused-ring (bicyclic) bond motifs is 1. The zero-order valence-electron chi connectivity index (χ0n) is 11.2. The molecule has 7 heteroatoms. The van der Waals surface area contributed by atoms with Crippen LogP contribution < -0.4 is 5.73 Å². The molecule has 2 N–H and O–H groups in total. The number of primary amides is 1. The second-order valence-corrected chi connectivity index (χ2v) is 4.85. The molecule has 3 heterocycles. The highest BCUT2D eigenvalue weighted by Crippen LogP contribution is 2.18. The zero-order chi connectivity index (χ0) is 14.3. The second-order valence-electron chi connectivity index (χ2n) is 4.85. The summed E-state index contributed by atoms with van der Waals surface area (Å²) in [4.78, 5) is 15.3. The Kier molecular flexibility index (Phi) is 2.74. The van der Waals surface area contributed by atoms with Crippen molar-refractivity contribution in [3.8, 4) is 11.3 Å². The molecule has 0 radical (unpaired) electrons. The van der Waals surface area contributed by atoms with E-state index in [1.807, 2.05) is 38.4 Å². The molecular formula is C13H14N6O. The summed E-state index contributed by atoms with van der Waals surface area (Å²) in [6, 6.07) is 3.97. The van der Waals surface area contributed by atoms with Crippen molar-refractivity contribution in [3.63, 3.8) is 0 Å². The van der Waals surface area contributed by atoms with Gasteiger partial charge in [0.15, 0.2) is 0 Å². The first kappa shape index (κ1) is 12.3. The van der Waals surface area contributed by atoms with Crippen molar-refractivity contribution in [2.24, 2.45) is 5.73 Å². The number of carbonyl (C=O) groups excluding carboxylic acids is 1. The van der Waals surface area contributed by atoms with Gasteiger partial charge in [-0.25, -0.2) is 9.67 Å². The third-order valence-corrected chi connectivity index (χ3v) is 3.04. The van der Waals surface area contributed by atoms with E-state index in [1.54, 1.807) is 15.3 Å². The van der Waals surface area contributed by atoms with Gasteiger partial charge in [0.2, 0.25) is 0 Å². The van der Waals surface area contributed by atoms with Gasteiger partial charge in [-0.3, -0.25) is 4.79 Å². The molecule has 0 saturated heterocycles. The molecule has 3 rings (SSSR count). The van der Waals surface area contributed by atoms with Gasteiger partial charge in [0.05, 0.1) is 6.20 Å². The molecule has 0 bridgehead atoms. The van der Waals surface area contributed by atoms with E-state index in [-0.39, 0.29) is 11.7 Å². The average molecular weight is 270 g/mol. The molecule has 0 saturated carbocycles. The predicted octanol–water partition coefficient (Wildman–Crippen LogP) is 1.27. The van der Waals surface area contributed by atoms with Gasteiger partial charge in [0, 0.05) is 24.0 Å². The maximum atomic E-state index is 11.1. The highest BCUT2D eigenvalue weighted by atomic mass is 16.1. The molecule has 0 unspecified atom stereocenters. The number of imidazole rings is 1. The van der Waals surface area contributed by atoms with Crippen molar-refractivity contribution >= 4 is 11.6 Å². The van der Waals surface area contributed by atoms with Crippen molar-refractivity contribution in [2.75, 3.05) is 0 Å². The van der Waals surface area contributed by atoms with Gasteiger partial charge in [0.25, 0.3) is 5.91 Å². The summed E-state index contributed by atoms with van der Waals surface area (Å²) in [5, 5.41) is 8.22. The average Bonchev–Trinajstić information content (AvgIpc) is 3.04. The Bertz CT molecular complexity index is 785. The van der Waals surface area contributed by atoms with Crippen molar-refractivity contribution in [1.29, 1.82) is 0 Å². The first-order chi connectivity index (χ1) is 9.54. The molecule has 102 valence electrons. The number of aromatic nitrogens is 5. The topological polar surface area (TPSA) is 91.1 Å². The zero-order valence-corrected chi connectivity index (χ0v) is 11.2. The molecule has 0 atom stereocenters. The molecule has 0 fully saturated rings. The van der Waals surface area contributed by atoms with Crippen LogP contribution in [-0.4, -0.2) is 30.3 Å². The lowest BCUT2D eigenvalue weighted by Crippen LogP contribution is -2.10. The van der Waals surface area contributed by atoms with Gasteiger partial charge in [0.1, 0.15) is 17.0 Å². The molecule has 0 spiro atoms. The van der Waals surface area contributed by atoms with Gasteiger partial charge in [-0.15, -0.1) is 5.10 Å². The Morgan fingerprint density at radius 1 is 1.25 bits per heavy atom. The minimum Gasteiger partial charge on any atom is -0.364 e. The number of pyridine rings is 1. The van der Waals surface area contributed by atoms with Gasteiger partial charge < -0.3 is 10.1 Å². The Morgan fingerprint density at radius 3 is 2.70 bits per heavy atom.